The number of aromatic nitrogens is 3. The molecule has 3 aliphatic rings. The summed E-state index contributed by atoms with van der Waals surface area (Å²) in [5.74, 6) is 1.03. The minimum Gasteiger partial charge on any atom is -0.354 e. The maximum absolute atomic E-state index is 12.3. The van der Waals surface area contributed by atoms with Crippen LogP contribution in [0.5, 0.6) is 0 Å². The first-order chi connectivity index (χ1) is 12.2. The number of likely N-dealkylation sites (N-methyl/N-ethyl adjacent to an activating group) is 1. The average molecular weight is 338 g/mol. The third kappa shape index (κ3) is 2.33. The van der Waals surface area contributed by atoms with Crippen LogP contribution in [0.15, 0.2) is 12.3 Å². The first-order valence-electron chi connectivity index (χ1n) is 9.01. The Morgan fingerprint density at radius 3 is 2.80 bits per heavy atom. The van der Waals surface area contributed by atoms with Crippen LogP contribution in [0.3, 0.4) is 0 Å². The molecule has 2 aliphatic heterocycles. The molecule has 0 atom stereocenters. The summed E-state index contributed by atoms with van der Waals surface area (Å²) in [5.41, 5.74) is 5.22. The third-order valence-electron chi connectivity index (χ3n) is 5.57. The molecule has 7 heteroatoms. The summed E-state index contributed by atoms with van der Waals surface area (Å²) in [6.45, 7) is 5.52. The summed E-state index contributed by atoms with van der Waals surface area (Å²) in [6, 6.07) is 2.18. The van der Waals surface area contributed by atoms with Crippen LogP contribution in [0, 0.1) is 0 Å². The van der Waals surface area contributed by atoms with Crippen molar-refractivity contribution in [3.05, 3.63) is 29.1 Å². The smallest absolute Gasteiger partial charge is 0.269 e. The van der Waals surface area contributed by atoms with E-state index < -0.39 is 0 Å². The Hall–Kier alpha value is -2.41. The number of anilines is 1. The zero-order chi connectivity index (χ0) is 17.0. The Kier molecular flexibility index (Phi) is 3.31. The first-order valence-corrected chi connectivity index (χ1v) is 9.01. The molecule has 0 saturated carbocycles. The lowest BCUT2D eigenvalue weighted by atomic mass is 9.90. The molecule has 2 aromatic heterocycles. The van der Waals surface area contributed by atoms with Gasteiger partial charge in [0.2, 0.25) is 0 Å². The van der Waals surface area contributed by atoms with E-state index in [0.29, 0.717) is 6.54 Å². The van der Waals surface area contributed by atoms with Gasteiger partial charge in [-0.2, -0.15) is 5.10 Å². The van der Waals surface area contributed by atoms with Crippen LogP contribution in [-0.4, -0.2) is 65.3 Å². The molecule has 4 heterocycles. The molecule has 0 aromatic carbocycles. The van der Waals surface area contributed by atoms with Crippen LogP contribution < -0.4 is 10.2 Å². The molecule has 1 N–H and O–H groups in total. The summed E-state index contributed by atoms with van der Waals surface area (Å²) < 4.78 is 1.88. The number of carbonyl (C=O) groups is 1. The highest BCUT2D eigenvalue weighted by Crippen LogP contribution is 2.36. The van der Waals surface area contributed by atoms with Crippen molar-refractivity contribution in [2.24, 2.45) is 0 Å². The maximum atomic E-state index is 12.3. The SMILES string of the molecule is CN1CCN(c2cc3c(cn2)CCc2c-3nn3c2C(=O)NCC3)CC1. The number of nitrogens with zero attached hydrogens (tertiary/aromatic N) is 5. The van der Waals surface area contributed by atoms with E-state index in [1.165, 1.54) is 5.56 Å². The Labute approximate surface area is 146 Å². The second-order valence-electron chi connectivity index (χ2n) is 7.14. The number of pyridine rings is 1. The fraction of sp³-hybridized carbons (Fsp3) is 0.500. The number of fused-ring (bicyclic) bond motifs is 5. The normalized spacial score (nSPS) is 19.9. The lowest BCUT2D eigenvalue weighted by molar-refractivity contribution is 0.0923. The van der Waals surface area contributed by atoms with Crippen molar-refractivity contribution in [1.29, 1.82) is 0 Å². The number of carbonyl (C=O) groups excluding carboxylic acids is 1. The van der Waals surface area contributed by atoms with Gasteiger partial charge < -0.3 is 15.1 Å². The minimum atomic E-state index is 0.0109. The van der Waals surface area contributed by atoms with Gasteiger partial charge >= 0.3 is 0 Å². The fourth-order valence-corrected chi connectivity index (χ4v) is 4.09. The van der Waals surface area contributed by atoms with E-state index in [1.807, 2.05) is 10.9 Å². The molecule has 7 nitrogen and oxygen atoms in total. The largest absolute Gasteiger partial charge is 0.354 e. The number of hydrogen-bond acceptors (Lipinski definition) is 5. The van der Waals surface area contributed by atoms with Crippen molar-refractivity contribution in [1.82, 2.24) is 25.0 Å². The summed E-state index contributed by atoms with van der Waals surface area (Å²) in [7, 11) is 2.16. The Bertz CT molecular complexity index is 849. The molecular formula is C18H22N6O. The van der Waals surface area contributed by atoms with Crippen LogP contribution in [-0.2, 0) is 19.4 Å². The van der Waals surface area contributed by atoms with Gasteiger partial charge in [-0.3, -0.25) is 9.48 Å². The van der Waals surface area contributed by atoms with E-state index in [4.69, 9.17) is 10.1 Å². The zero-order valence-electron chi connectivity index (χ0n) is 14.5. The molecule has 1 amide bonds. The molecule has 1 saturated heterocycles. The second-order valence-corrected chi connectivity index (χ2v) is 7.14. The number of aryl methyl sites for hydroxylation is 1. The minimum absolute atomic E-state index is 0.0109. The molecular weight excluding hydrogens is 316 g/mol. The average Bonchev–Trinajstić information content (AvgIpc) is 3.02. The number of rotatable bonds is 1. The Balaban J connectivity index is 1.56. The van der Waals surface area contributed by atoms with Gasteiger partial charge in [-0.15, -0.1) is 0 Å². The first kappa shape index (κ1) is 14.9. The summed E-state index contributed by atoms with van der Waals surface area (Å²) in [6.07, 6.45) is 3.79. The molecule has 5 rings (SSSR count). The van der Waals surface area contributed by atoms with E-state index >= 15 is 0 Å². The highest BCUT2D eigenvalue weighted by atomic mass is 16.2. The molecule has 2 aromatic rings. The van der Waals surface area contributed by atoms with E-state index in [-0.39, 0.29) is 5.91 Å². The highest BCUT2D eigenvalue weighted by Gasteiger charge is 2.30. The van der Waals surface area contributed by atoms with Crippen LogP contribution in [0.25, 0.3) is 11.3 Å². The van der Waals surface area contributed by atoms with Crippen molar-refractivity contribution >= 4 is 11.7 Å². The van der Waals surface area contributed by atoms with Crippen molar-refractivity contribution in [2.45, 2.75) is 19.4 Å². The van der Waals surface area contributed by atoms with Crippen LogP contribution in [0.1, 0.15) is 21.6 Å². The molecule has 0 bridgehead atoms. The highest BCUT2D eigenvalue weighted by molar-refractivity contribution is 5.97. The molecule has 1 fully saturated rings. The number of hydrogen-bond donors (Lipinski definition) is 1. The standard InChI is InChI=1S/C18H22N6O/c1-22-6-8-23(9-7-22)15-10-14-12(11-20-15)2-3-13-16(14)21-24-5-4-19-18(25)17(13)24/h10-11H,2-9H2,1H3,(H,19,25). The molecule has 1 aliphatic carbocycles. The van der Waals surface area contributed by atoms with Gasteiger partial charge in [0.1, 0.15) is 11.5 Å². The van der Waals surface area contributed by atoms with Gasteiger partial charge in [0, 0.05) is 50.0 Å². The van der Waals surface area contributed by atoms with E-state index in [0.717, 1.165) is 73.9 Å². The van der Waals surface area contributed by atoms with Crippen molar-refractivity contribution in [3.8, 4) is 11.3 Å². The molecule has 130 valence electrons. The lowest BCUT2D eigenvalue weighted by Gasteiger charge is -2.33. The van der Waals surface area contributed by atoms with Crippen molar-refractivity contribution in [3.63, 3.8) is 0 Å². The number of piperazine rings is 1. The molecule has 0 unspecified atom stereocenters. The van der Waals surface area contributed by atoms with Crippen molar-refractivity contribution < 1.29 is 4.79 Å². The fourth-order valence-electron chi connectivity index (χ4n) is 4.09. The predicted octanol–water partition coefficient (Wildman–Crippen LogP) is 0.539. The van der Waals surface area contributed by atoms with E-state index in [1.54, 1.807) is 0 Å². The predicted molar refractivity (Wildman–Crippen MR) is 94.9 cm³/mol. The van der Waals surface area contributed by atoms with E-state index in [9.17, 15) is 4.79 Å². The molecule has 0 radical (unpaired) electrons. The maximum Gasteiger partial charge on any atom is 0.269 e. The number of amides is 1. The summed E-state index contributed by atoms with van der Waals surface area (Å²) in [5, 5.41) is 7.72. The topological polar surface area (TPSA) is 66.3 Å². The Morgan fingerprint density at radius 1 is 1.12 bits per heavy atom. The van der Waals surface area contributed by atoms with Crippen molar-refractivity contribution in [2.75, 3.05) is 44.7 Å². The quantitative estimate of drug-likeness (QED) is 0.822. The monoisotopic (exact) mass is 338 g/mol. The van der Waals surface area contributed by atoms with Crippen LogP contribution in [0.2, 0.25) is 0 Å². The zero-order valence-corrected chi connectivity index (χ0v) is 14.5. The molecule has 25 heavy (non-hydrogen) atoms. The van der Waals surface area contributed by atoms with Gasteiger partial charge in [0.25, 0.3) is 5.91 Å². The summed E-state index contributed by atoms with van der Waals surface area (Å²) in [4.78, 5) is 21.7. The third-order valence-corrected chi connectivity index (χ3v) is 5.57. The summed E-state index contributed by atoms with van der Waals surface area (Å²) >= 11 is 0. The van der Waals surface area contributed by atoms with Gasteiger partial charge in [0.05, 0.1) is 12.2 Å². The second kappa shape index (κ2) is 5.56. The van der Waals surface area contributed by atoms with Gasteiger partial charge in [-0.25, -0.2) is 4.98 Å². The van der Waals surface area contributed by atoms with Crippen LogP contribution >= 0.6 is 0 Å². The lowest BCUT2D eigenvalue weighted by Crippen LogP contribution is -2.44. The Morgan fingerprint density at radius 2 is 1.96 bits per heavy atom. The molecule has 0 spiro atoms. The van der Waals surface area contributed by atoms with E-state index in [2.05, 4.69) is 28.2 Å². The number of nitrogens with one attached hydrogen (secondary N) is 1. The van der Waals surface area contributed by atoms with Crippen LogP contribution in [0.4, 0.5) is 5.82 Å². The van der Waals surface area contributed by atoms with Gasteiger partial charge in [-0.1, -0.05) is 0 Å². The van der Waals surface area contributed by atoms with Gasteiger partial charge in [-0.05, 0) is 31.5 Å². The van der Waals surface area contributed by atoms with Gasteiger partial charge in [0.15, 0.2) is 0 Å².